The molecule has 0 spiro atoms. The minimum absolute atomic E-state index is 0.0216. The monoisotopic (exact) mass is 345 g/mol. The van der Waals surface area contributed by atoms with Gasteiger partial charge in [-0.1, -0.05) is 30.3 Å². The Kier molecular flexibility index (Phi) is 5.16. The zero-order valence-electron chi connectivity index (χ0n) is 14.0. The summed E-state index contributed by atoms with van der Waals surface area (Å²) >= 11 is 1.32. The normalized spacial score (nSPS) is 18.6. The first-order valence-corrected chi connectivity index (χ1v) is 9.07. The molecule has 5 nitrogen and oxygen atoms in total. The van der Waals surface area contributed by atoms with Gasteiger partial charge in [-0.3, -0.25) is 4.79 Å². The average molecular weight is 345 g/mol. The first kappa shape index (κ1) is 16.9. The van der Waals surface area contributed by atoms with Gasteiger partial charge in [-0.15, -0.1) is 0 Å². The van der Waals surface area contributed by atoms with Gasteiger partial charge in [0, 0.05) is 19.6 Å². The molecule has 1 aliphatic rings. The highest BCUT2D eigenvalue weighted by molar-refractivity contribution is 7.10. The van der Waals surface area contributed by atoms with Crippen LogP contribution in [0.1, 0.15) is 47.0 Å². The van der Waals surface area contributed by atoms with Crippen molar-refractivity contribution in [1.82, 2.24) is 9.27 Å². The van der Waals surface area contributed by atoms with Crippen molar-refractivity contribution in [2.24, 2.45) is 0 Å². The number of aryl methyl sites for hydroxylation is 1. The number of aromatic nitrogens is 1. The van der Waals surface area contributed by atoms with Crippen LogP contribution in [0.5, 0.6) is 0 Å². The second-order valence-electron chi connectivity index (χ2n) is 6.18. The first-order chi connectivity index (χ1) is 11.6. The van der Waals surface area contributed by atoms with E-state index in [0.29, 0.717) is 12.0 Å². The summed E-state index contributed by atoms with van der Waals surface area (Å²) in [6, 6.07) is 9.71. The number of amides is 1. The minimum atomic E-state index is -0.546. The molecule has 2 N–H and O–H groups in total. The van der Waals surface area contributed by atoms with E-state index >= 15 is 0 Å². The molecule has 1 aromatic carbocycles. The zero-order chi connectivity index (χ0) is 17.1. The summed E-state index contributed by atoms with van der Waals surface area (Å²) < 4.78 is 4.30. The standard InChI is InChI=1S/C18H23N3O2S/c1-12-16(17(19-2)24-20-12)18(23)21-10-6-9-14(21)11-15(22)13-7-4-3-5-8-13/h3-5,7-8,14-15,19,22H,6,9-11H2,1-2H3. The van der Waals surface area contributed by atoms with Crippen molar-refractivity contribution in [2.75, 3.05) is 18.9 Å². The van der Waals surface area contributed by atoms with E-state index in [9.17, 15) is 9.90 Å². The summed E-state index contributed by atoms with van der Waals surface area (Å²) in [6.45, 7) is 2.61. The first-order valence-electron chi connectivity index (χ1n) is 8.29. The number of benzene rings is 1. The third-order valence-electron chi connectivity index (χ3n) is 4.62. The average Bonchev–Trinajstić information content (AvgIpc) is 3.21. The zero-order valence-corrected chi connectivity index (χ0v) is 14.8. The molecule has 2 unspecified atom stereocenters. The summed E-state index contributed by atoms with van der Waals surface area (Å²) in [4.78, 5) is 14.9. The van der Waals surface area contributed by atoms with Crippen LogP contribution >= 0.6 is 11.5 Å². The molecule has 1 fully saturated rings. The van der Waals surface area contributed by atoms with Crippen LogP contribution in [0.3, 0.4) is 0 Å². The topological polar surface area (TPSA) is 65.5 Å². The number of likely N-dealkylation sites (tertiary alicyclic amines) is 1. The number of hydrogen-bond acceptors (Lipinski definition) is 5. The van der Waals surface area contributed by atoms with Crippen LogP contribution in [-0.2, 0) is 0 Å². The van der Waals surface area contributed by atoms with E-state index in [2.05, 4.69) is 9.69 Å². The molecule has 1 aromatic heterocycles. The van der Waals surface area contributed by atoms with E-state index in [1.54, 1.807) is 0 Å². The second-order valence-corrected chi connectivity index (χ2v) is 6.95. The summed E-state index contributed by atoms with van der Waals surface area (Å²) in [5.74, 6) is 0.0216. The molecule has 0 saturated carbocycles. The molecule has 3 rings (SSSR count). The Bertz CT molecular complexity index is 702. The van der Waals surface area contributed by atoms with Crippen molar-refractivity contribution >= 4 is 22.4 Å². The summed E-state index contributed by atoms with van der Waals surface area (Å²) in [5, 5.41) is 14.4. The molecule has 0 radical (unpaired) electrons. The number of anilines is 1. The highest BCUT2D eigenvalue weighted by Gasteiger charge is 2.33. The molecule has 2 heterocycles. The molecule has 128 valence electrons. The number of rotatable bonds is 5. The molecule has 1 aliphatic heterocycles. The third-order valence-corrected chi connectivity index (χ3v) is 5.58. The second kappa shape index (κ2) is 7.32. The lowest BCUT2D eigenvalue weighted by atomic mass is 10.00. The Hall–Kier alpha value is -1.92. The SMILES string of the molecule is CNc1snc(C)c1C(=O)N1CCCC1CC(O)c1ccccc1. The molecule has 0 bridgehead atoms. The third kappa shape index (κ3) is 3.30. The van der Waals surface area contributed by atoms with E-state index in [0.717, 1.165) is 35.6 Å². The number of carbonyl (C=O) groups is 1. The van der Waals surface area contributed by atoms with Crippen molar-refractivity contribution in [2.45, 2.75) is 38.3 Å². The van der Waals surface area contributed by atoms with E-state index < -0.39 is 6.10 Å². The smallest absolute Gasteiger partial charge is 0.259 e. The van der Waals surface area contributed by atoms with Gasteiger partial charge in [0.15, 0.2) is 0 Å². The van der Waals surface area contributed by atoms with Crippen molar-refractivity contribution in [3.63, 3.8) is 0 Å². The fourth-order valence-electron chi connectivity index (χ4n) is 3.35. The molecule has 0 aliphatic carbocycles. The number of hydrogen-bond donors (Lipinski definition) is 2. The summed E-state index contributed by atoms with van der Waals surface area (Å²) in [6.07, 6.45) is 1.93. The molecule has 2 aromatic rings. The van der Waals surface area contributed by atoms with Gasteiger partial charge < -0.3 is 15.3 Å². The molecule has 2 atom stereocenters. The van der Waals surface area contributed by atoms with Crippen LogP contribution in [0.4, 0.5) is 5.00 Å². The molecule has 1 saturated heterocycles. The highest BCUT2D eigenvalue weighted by atomic mass is 32.1. The van der Waals surface area contributed by atoms with Crippen LogP contribution in [-0.4, -0.2) is 39.9 Å². The van der Waals surface area contributed by atoms with Crippen molar-refractivity contribution in [3.05, 3.63) is 47.2 Å². The fourth-order valence-corrected chi connectivity index (χ4v) is 4.09. The summed E-state index contributed by atoms with van der Waals surface area (Å²) in [7, 11) is 1.81. The Labute approximate surface area is 146 Å². The quantitative estimate of drug-likeness (QED) is 0.873. The molecular formula is C18H23N3O2S. The Morgan fingerprint density at radius 3 is 2.92 bits per heavy atom. The lowest BCUT2D eigenvalue weighted by Crippen LogP contribution is -2.37. The van der Waals surface area contributed by atoms with Gasteiger partial charge >= 0.3 is 0 Å². The van der Waals surface area contributed by atoms with Crippen LogP contribution in [0.15, 0.2) is 30.3 Å². The highest BCUT2D eigenvalue weighted by Crippen LogP contribution is 2.32. The fraction of sp³-hybridized carbons (Fsp3) is 0.444. The molecular weight excluding hydrogens is 322 g/mol. The number of nitrogens with one attached hydrogen (secondary N) is 1. The van der Waals surface area contributed by atoms with Crippen molar-refractivity contribution < 1.29 is 9.90 Å². The van der Waals surface area contributed by atoms with Gasteiger partial charge in [-0.25, -0.2) is 0 Å². The summed E-state index contributed by atoms with van der Waals surface area (Å²) in [5.41, 5.74) is 2.34. The minimum Gasteiger partial charge on any atom is -0.388 e. The van der Waals surface area contributed by atoms with E-state index in [1.165, 1.54) is 11.5 Å². The van der Waals surface area contributed by atoms with Crippen molar-refractivity contribution in [1.29, 1.82) is 0 Å². The molecule has 1 amide bonds. The van der Waals surface area contributed by atoms with Crippen LogP contribution in [0, 0.1) is 6.92 Å². The number of aliphatic hydroxyl groups is 1. The van der Waals surface area contributed by atoms with Gasteiger partial charge in [0.25, 0.3) is 5.91 Å². The maximum Gasteiger partial charge on any atom is 0.259 e. The van der Waals surface area contributed by atoms with Gasteiger partial charge in [0.2, 0.25) is 0 Å². The Balaban J connectivity index is 1.75. The predicted molar refractivity (Wildman–Crippen MR) is 96.5 cm³/mol. The predicted octanol–water partition coefficient (Wildman–Crippen LogP) is 3.22. The van der Waals surface area contributed by atoms with Crippen LogP contribution < -0.4 is 5.32 Å². The van der Waals surface area contributed by atoms with E-state index in [1.807, 2.05) is 49.2 Å². The van der Waals surface area contributed by atoms with Gasteiger partial charge in [0.1, 0.15) is 5.00 Å². The maximum atomic E-state index is 13.0. The van der Waals surface area contributed by atoms with E-state index in [-0.39, 0.29) is 11.9 Å². The largest absolute Gasteiger partial charge is 0.388 e. The van der Waals surface area contributed by atoms with Crippen molar-refractivity contribution in [3.8, 4) is 0 Å². The lowest BCUT2D eigenvalue weighted by molar-refractivity contribution is 0.0667. The molecule has 6 heteroatoms. The van der Waals surface area contributed by atoms with Gasteiger partial charge in [-0.05, 0) is 43.3 Å². The number of aliphatic hydroxyl groups excluding tert-OH is 1. The maximum absolute atomic E-state index is 13.0. The lowest BCUT2D eigenvalue weighted by Gasteiger charge is -2.27. The van der Waals surface area contributed by atoms with Crippen LogP contribution in [0.25, 0.3) is 0 Å². The molecule has 24 heavy (non-hydrogen) atoms. The van der Waals surface area contributed by atoms with Crippen LogP contribution in [0.2, 0.25) is 0 Å². The van der Waals surface area contributed by atoms with Gasteiger partial charge in [-0.2, -0.15) is 4.37 Å². The number of nitrogens with zero attached hydrogens (tertiary/aromatic N) is 2. The van der Waals surface area contributed by atoms with Gasteiger partial charge in [0.05, 0.1) is 17.4 Å². The Morgan fingerprint density at radius 2 is 2.21 bits per heavy atom. The van der Waals surface area contributed by atoms with E-state index in [4.69, 9.17) is 0 Å². The number of carbonyl (C=O) groups excluding carboxylic acids is 1. The Morgan fingerprint density at radius 1 is 1.46 bits per heavy atom.